The summed E-state index contributed by atoms with van der Waals surface area (Å²) >= 11 is 0. The molecule has 0 spiro atoms. The Morgan fingerprint density at radius 2 is 0.884 bits per heavy atom. The van der Waals surface area contributed by atoms with Gasteiger partial charge in [-0.25, -0.2) is 16.8 Å². The number of halogens is 1. The summed E-state index contributed by atoms with van der Waals surface area (Å²) in [6.07, 6.45) is 0. The van der Waals surface area contributed by atoms with E-state index in [1.165, 1.54) is 48.5 Å². The zero-order valence-electron chi connectivity index (χ0n) is 23.4. The molecule has 1 aliphatic carbocycles. The predicted octanol–water partition coefficient (Wildman–Crippen LogP) is -1.20. The van der Waals surface area contributed by atoms with Gasteiger partial charge in [0.25, 0.3) is 0 Å². The summed E-state index contributed by atoms with van der Waals surface area (Å²) in [6.45, 7) is 3.22. The van der Waals surface area contributed by atoms with E-state index in [0.29, 0.717) is 11.1 Å². The minimum absolute atomic E-state index is 0. The number of rotatable bonds is 6. The Kier molecular flexibility index (Phi) is 12.0. The maximum atomic E-state index is 13.7. The van der Waals surface area contributed by atoms with E-state index in [1.54, 1.807) is 38.1 Å². The molecule has 0 amide bonds. The molecule has 15 heteroatoms. The zero-order chi connectivity index (χ0) is 29.0. The van der Waals surface area contributed by atoms with Crippen LogP contribution in [0.5, 0.6) is 0 Å². The first-order chi connectivity index (χ1) is 18.8. The van der Waals surface area contributed by atoms with Crippen molar-refractivity contribution in [1.29, 1.82) is 0 Å². The number of carbonyl (C=O) groups is 2. The number of carbonyl (C=O) groups excluding carboxylic acids is 2. The van der Waals surface area contributed by atoms with Crippen LogP contribution in [0.2, 0.25) is 0 Å². The molecule has 212 valence electrons. The van der Waals surface area contributed by atoms with Gasteiger partial charge >= 0.3 is 59.1 Å². The van der Waals surface area contributed by atoms with Crippen molar-refractivity contribution in [2.24, 2.45) is 0 Å². The van der Waals surface area contributed by atoms with Gasteiger partial charge in [-0.05, 0) is 61.4 Å². The van der Waals surface area contributed by atoms with Gasteiger partial charge in [-0.1, -0.05) is 36.4 Å². The summed E-state index contributed by atoms with van der Waals surface area (Å²) in [4.78, 5) is 26.4. The first kappa shape index (κ1) is 37.1. The van der Waals surface area contributed by atoms with Gasteiger partial charge in [0.1, 0.15) is 20.2 Å². The molecule has 4 aromatic rings. The van der Waals surface area contributed by atoms with Crippen LogP contribution in [0, 0.1) is 13.8 Å². The first-order valence-electron chi connectivity index (χ1n) is 11.8. The molecular formula is C28H21ClN2Na2O8S2. The summed E-state index contributed by atoms with van der Waals surface area (Å²) in [5.41, 5.74) is 0.905. The van der Waals surface area contributed by atoms with E-state index < -0.39 is 41.6 Å². The van der Waals surface area contributed by atoms with E-state index >= 15 is 0 Å². The van der Waals surface area contributed by atoms with Crippen LogP contribution in [0.1, 0.15) is 43.0 Å². The van der Waals surface area contributed by atoms with Crippen LogP contribution in [0.3, 0.4) is 0 Å². The summed E-state index contributed by atoms with van der Waals surface area (Å²) in [5.74, 6) is -1.12. The average molecular weight is 659 g/mol. The van der Waals surface area contributed by atoms with Crippen LogP contribution in [-0.4, -0.2) is 37.5 Å². The molecule has 5 rings (SSSR count). The maximum absolute atomic E-state index is 13.7. The maximum Gasteiger partial charge on any atom is 1.00 e. The second-order valence-electron chi connectivity index (χ2n) is 9.27. The second kappa shape index (κ2) is 13.9. The quantitative estimate of drug-likeness (QED) is 0.167. The normalized spacial score (nSPS) is 12.1. The smallest absolute Gasteiger partial charge is 0.744 e. The van der Waals surface area contributed by atoms with Crippen molar-refractivity contribution in [3.8, 4) is 0 Å². The van der Waals surface area contributed by atoms with Crippen LogP contribution in [0.4, 0.5) is 22.7 Å². The number of ketones is 2. The van der Waals surface area contributed by atoms with Gasteiger partial charge in [-0.15, -0.1) is 12.4 Å². The Morgan fingerprint density at radius 3 is 1.21 bits per heavy atom. The van der Waals surface area contributed by atoms with Gasteiger partial charge in [0.2, 0.25) is 0 Å². The molecule has 0 heterocycles. The molecule has 0 aromatic heterocycles. The number of fused-ring (bicyclic) bond motifs is 2. The molecule has 4 aromatic carbocycles. The fourth-order valence-electron chi connectivity index (χ4n) is 4.60. The number of aryl methyl sites for hydroxylation is 2. The number of hydrogen-bond acceptors (Lipinski definition) is 10. The summed E-state index contributed by atoms with van der Waals surface area (Å²) in [7, 11) is -9.81. The van der Waals surface area contributed by atoms with Gasteiger partial charge in [0.05, 0.1) is 43.7 Å². The van der Waals surface area contributed by atoms with Gasteiger partial charge in [-0.3, -0.25) is 9.59 Å². The summed E-state index contributed by atoms with van der Waals surface area (Å²) in [6, 6.07) is 17.2. The van der Waals surface area contributed by atoms with E-state index in [2.05, 4.69) is 10.6 Å². The van der Waals surface area contributed by atoms with Crippen LogP contribution < -0.4 is 69.7 Å². The largest absolute Gasteiger partial charge is 1.00 e. The Bertz CT molecular complexity index is 1840. The van der Waals surface area contributed by atoms with Crippen LogP contribution >= 0.6 is 12.4 Å². The monoisotopic (exact) mass is 658 g/mol. The Balaban J connectivity index is 0.00000215. The SMILES string of the molecule is Cc1ccc(Nc2ccc(Nc3ccc(C)cc3S(=O)(=O)[O-])c3c2C(=O)c2ccccc2C3=O)c(S(=O)(=O)[O-])c1.Cl.[Na+].[Na+]. The van der Waals surface area contributed by atoms with Gasteiger partial charge in [-0.2, -0.15) is 0 Å². The minimum Gasteiger partial charge on any atom is -0.744 e. The third kappa shape index (κ3) is 7.43. The van der Waals surface area contributed by atoms with E-state index in [-0.39, 0.29) is 117 Å². The van der Waals surface area contributed by atoms with E-state index in [1.807, 2.05) is 0 Å². The average Bonchev–Trinajstić information content (AvgIpc) is 2.88. The summed E-state index contributed by atoms with van der Waals surface area (Å²) in [5, 5.41) is 5.65. The Morgan fingerprint density at radius 1 is 0.558 bits per heavy atom. The molecule has 1 aliphatic rings. The molecule has 43 heavy (non-hydrogen) atoms. The second-order valence-corrected chi connectivity index (χ2v) is 12.0. The number of hydrogen-bond donors (Lipinski definition) is 2. The molecule has 0 radical (unpaired) electrons. The third-order valence-corrected chi connectivity index (χ3v) is 8.18. The van der Waals surface area contributed by atoms with Crippen molar-refractivity contribution in [3.63, 3.8) is 0 Å². The van der Waals surface area contributed by atoms with Crippen molar-refractivity contribution in [2.75, 3.05) is 10.6 Å². The molecule has 10 nitrogen and oxygen atoms in total. The van der Waals surface area contributed by atoms with Crippen molar-refractivity contribution in [3.05, 3.63) is 106 Å². The first-order valence-corrected chi connectivity index (χ1v) is 14.6. The molecule has 0 bridgehead atoms. The molecular weight excluding hydrogens is 638 g/mol. The van der Waals surface area contributed by atoms with Gasteiger partial charge in [0, 0.05) is 11.1 Å². The third-order valence-electron chi connectivity index (χ3n) is 6.43. The summed E-state index contributed by atoms with van der Waals surface area (Å²) < 4.78 is 71.7. The van der Waals surface area contributed by atoms with Crippen LogP contribution in [-0.2, 0) is 20.2 Å². The Hall–Kier alpha value is -2.07. The predicted molar refractivity (Wildman–Crippen MR) is 152 cm³/mol. The molecule has 0 saturated carbocycles. The van der Waals surface area contributed by atoms with Crippen LogP contribution in [0.15, 0.2) is 82.6 Å². The molecule has 0 aliphatic heterocycles. The molecule has 0 saturated heterocycles. The van der Waals surface area contributed by atoms with Crippen molar-refractivity contribution >= 4 is 67.0 Å². The fraction of sp³-hybridized carbons (Fsp3) is 0.0714. The van der Waals surface area contributed by atoms with Crippen molar-refractivity contribution in [2.45, 2.75) is 23.6 Å². The van der Waals surface area contributed by atoms with Crippen molar-refractivity contribution < 1.29 is 94.6 Å². The van der Waals surface area contributed by atoms with E-state index in [4.69, 9.17) is 0 Å². The zero-order valence-corrected chi connectivity index (χ0v) is 29.9. The van der Waals surface area contributed by atoms with Gasteiger partial charge in [0.15, 0.2) is 11.6 Å². The standard InChI is InChI=1S/C28H22N2O8S2.ClH.2Na/c1-15-7-9-19(23(13-15)39(33,34)35)29-21-11-12-22(30-20-10-8-16(2)14-24(20)40(36,37)38)26-25(21)27(31)17-5-3-4-6-18(17)28(26)32;;;/h3-14,29-30H,1-2H3,(H,33,34,35)(H,36,37,38);1H;;/q;;2*+1/p-2. The van der Waals surface area contributed by atoms with E-state index in [0.717, 1.165) is 0 Å². The Labute approximate surface area is 299 Å². The fourth-order valence-corrected chi connectivity index (χ4v) is 6.04. The topological polar surface area (TPSA) is 173 Å². The molecule has 2 N–H and O–H groups in total. The van der Waals surface area contributed by atoms with Crippen LogP contribution in [0.25, 0.3) is 0 Å². The molecule has 0 fully saturated rings. The van der Waals surface area contributed by atoms with Gasteiger partial charge < -0.3 is 19.7 Å². The number of nitrogens with one attached hydrogen (secondary N) is 2. The number of benzene rings is 4. The van der Waals surface area contributed by atoms with E-state index in [9.17, 15) is 35.5 Å². The molecule has 0 atom stereocenters. The number of anilines is 4. The minimum atomic E-state index is -4.90. The van der Waals surface area contributed by atoms with Crippen molar-refractivity contribution in [1.82, 2.24) is 0 Å². The molecule has 0 unspecified atom stereocenters.